The summed E-state index contributed by atoms with van der Waals surface area (Å²) in [5, 5.41) is 23.2. The largest absolute Gasteiger partial charge is 0.396 e. The van der Waals surface area contributed by atoms with Gasteiger partial charge in [0.2, 0.25) is 0 Å². The average Bonchev–Trinajstić information content (AvgIpc) is 2.76. The van der Waals surface area contributed by atoms with Crippen molar-refractivity contribution in [1.29, 1.82) is 0 Å². The summed E-state index contributed by atoms with van der Waals surface area (Å²) in [5.41, 5.74) is -0.465. The average molecular weight is 241 g/mol. The molecule has 0 aliphatic rings. The molecule has 0 radical (unpaired) electrons. The molecule has 0 saturated heterocycles. The number of hydrogen-bond acceptors (Lipinski definition) is 4. The van der Waals surface area contributed by atoms with Crippen molar-refractivity contribution in [3.05, 3.63) is 12.2 Å². The highest BCUT2D eigenvalue weighted by Gasteiger charge is 2.30. The van der Waals surface area contributed by atoms with Crippen molar-refractivity contribution in [3.8, 4) is 0 Å². The Kier molecular flexibility index (Phi) is 5.58. The number of aliphatic hydroxyl groups excluding tert-OH is 2. The smallest absolute Gasteiger partial charge is 0.138 e. The van der Waals surface area contributed by atoms with Gasteiger partial charge in [0.1, 0.15) is 12.2 Å². The van der Waals surface area contributed by atoms with Crippen LogP contribution in [-0.2, 0) is 13.0 Å². The van der Waals surface area contributed by atoms with E-state index in [1.807, 2.05) is 4.68 Å². The summed E-state index contributed by atoms with van der Waals surface area (Å²) in [6.07, 6.45) is 4.84. The molecule has 0 spiro atoms. The van der Waals surface area contributed by atoms with E-state index in [1.165, 1.54) is 6.33 Å². The number of aryl methyl sites for hydroxylation is 1. The molecule has 0 bridgehead atoms. The van der Waals surface area contributed by atoms with Crippen molar-refractivity contribution in [2.75, 3.05) is 13.2 Å². The molecule has 17 heavy (non-hydrogen) atoms. The van der Waals surface area contributed by atoms with Gasteiger partial charge < -0.3 is 10.2 Å². The van der Waals surface area contributed by atoms with Crippen LogP contribution in [0.3, 0.4) is 0 Å². The Morgan fingerprint density at radius 1 is 1.24 bits per heavy atom. The van der Waals surface area contributed by atoms with Crippen LogP contribution in [-0.4, -0.2) is 38.2 Å². The van der Waals surface area contributed by atoms with Crippen LogP contribution in [0.2, 0.25) is 0 Å². The van der Waals surface area contributed by atoms with E-state index in [9.17, 15) is 10.2 Å². The summed E-state index contributed by atoms with van der Waals surface area (Å²) < 4.78 is 1.86. The molecule has 0 aromatic carbocycles. The molecule has 0 unspecified atom stereocenters. The van der Waals surface area contributed by atoms with Gasteiger partial charge >= 0.3 is 0 Å². The molecule has 0 atom stereocenters. The second-order valence-electron chi connectivity index (χ2n) is 4.64. The van der Waals surface area contributed by atoms with Crippen LogP contribution in [0.5, 0.6) is 0 Å². The Hall–Kier alpha value is -0.940. The molecular formula is C12H23N3O2. The highest BCUT2D eigenvalue weighted by Crippen LogP contribution is 2.27. The summed E-state index contributed by atoms with van der Waals surface area (Å²) in [5.74, 6) is 0.850. The van der Waals surface area contributed by atoms with Gasteiger partial charge in [0.15, 0.2) is 0 Å². The number of aromatic nitrogens is 3. The van der Waals surface area contributed by atoms with Crippen molar-refractivity contribution < 1.29 is 10.2 Å². The van der Waals surface area contributed by atoms with Crippen molar-refractivity contribution in [1.82, 2.24) is 14.8 Å². The molecule has 5 nitrogen and oxygen atoms in total. The molecule has 1 aromatic heterocycles. The quantitative estimate of drug-likeness (QED) is 0.712. The fourth-order valence-corrected chi connectivity index (χ4v) is 2.10. The number of aliphatic hydroxyl groups is 2. The fourth-order valence-electron chi connectivity index (χ4n) is 2.10. The van der Waals surface area contributed by atoms with Crippen molar-refractivity contribution in [2.45, 2.75) is 46.1 Å². The van der Waals surface area contributed by atoms with E-state index in [0.29, 0.717) is 6.42 Å². The lowest BCUT2D eigenvalue weighted by Crippen LogP contribution is -2.33. The predicted molar refractivity (Wildman–Crippen MR) is 65.5 cm³/mol. The fraction of sp³-hybridized carbons (Fsp3) is 0.833. The van der Waals surface area contributed by atoms with Crippen molar-refractivity contribution >= 4 is 0 Å². The summed E-state index contributed by atoms with van der Waals surface area (Å²) >= 11 is 0. The zero-order valence-corrected chi connectivity index (χ0v) is 10.8. The topological polar surface area (TPSA) is 71.2 Å². The van der Waals surface area contributed by atoms with Crippen molar-refractivity contribution in [3.63, 3.8) is 0 Å². The Bertz CT molecular complexity index is 321. The van der Waals surface area contributed by atoms with Crippen LogP contribution in [0.1, 0.15) is 38.9 Å². The predicted octanol–water partition coefficient (Wildman–Crippen LogP) is 1.00. The maximum absolute atomic E-state index is 9.51. The second-order valence-corrected chi connectivity index (χ2v) is 4.64. The van der Waals surface area contributed by atoms with Gasteiger partial charge in [0, 0.05) is 18.4 Å². The Balaban J connectivity index is 2.81. The van der Waals surface area contributed by atoms with Gasteiger partial charge in [-0.2, -0.15) is 5.10 Å². The van der Waals surface area contributed by atoms with Crippen LogP contribution in [0.25, 0.3) is 0 Å². The highest BCUT2D eigenvalue weighted by molar-refractivity contribution is 4.94. The zero-order valence-electron chi connectivity index (χ0n) is 10.8. The summed E-state index contributed by atoms with van der Waals surface area (Å²) in [7, 11) is 0. The highest BCUT2D eigenvalue weighted by atomic mass is 16.3. The molecule has 1 rings (SSSR count). The van der Waals surface area contributed by atoms with Crippen molar-refractivity contribution in [2.24, 2.45) is 5.41 Å². The van der Waals surface area contributed by atoms with Gasteiger partial charge in [-0.15, -0.1) is 0 Å². The van der Waals surface area contributed by atoms with Gasteiger partial charge in [-0.25, -0.2) is 4.98 Å². The van der Waals surface area contributed by atoms with E-state index in [2.05, 4.69) is 23.9 Å². The monoisotopic (exact) mass is 241 g/mol. The van der Waals surface area contributed by atoms with Crippen LogP contribution in [0.15, 0.2) is 6.33 Å². The first-order chi connectivity index (χ1) is 8.21. The molecule has 0 fully saturated rings. The normalized spacial score (nSPS) is 12.0. The molecule has 2 N–H and O–H groups in total. The Morgan fingerprint density at radius 3 is 2.47 bits per heavy atom. The summed E-state index contributed by atoms with van der Waals surface area (Å²) in [4.78, 5) is 4.23. The van der Waals surface area contributed by atoms with Gasteiger partial charge in [-0.05, 0) is 12.8 Å². The Labute approximate surface area is 102 Å². The van der Waals surface area contributed by atoms with Gasteiger partial charge in [-0.3, -0.25) is 4.68 Å². The molecule has 1 heterocycles. The lowest BCUT2D eigenvalue weighted by molar-refractivity contribution is 0.0440. The summed E-state index contributed by atoms with van der Waals surface area (Å²) in [6, 6.07) is 0. The molecule has 0 aliphatic heterocycles. The number of rotatable bonds is 8. The van der Waals surface area contributed by atoms with Crippen LogP contribution in [0, 0.1) is 5.41 Å². The number of nitrogens with zero attached hydrogens (tertiary/aromatic N) is 3. The molecule has 0 amide bonds. The molecule has 5 heteroatoms. The lowest BCUT2D eigenvalue weighted by Gasteiger charge is -2.28. The van der Waals surface area contributed by atoms with Crippen LogP contribution >= 0.6 is 0 Å². The van der Waals surface area contributed by atoms with Gasteiger partial charge in [0.05, 0.1) is 13.2 Å². The molecular weight excluding hydrogens is 218 g/mol. The second kappa shape index (κ2) is 6.71. The van der Waals surface area contributed by atoms with E-state index in [-0.39, 0.29) is 13.2 Å². The molecule has 1 aromatic rings. The van der Waals surface area contributed by atoms with E-state index in [4.69, 9.17) is 0 Å². The SMILES string of the molecule is CCCn1ncnc1CC(CO)(CO)CCC. The first-order valence-corrected chi connectivity index (χ1v) is 6.29. The maximum atomic E-state index is 9.51. The third kappa shape index (κ3) is 3.51. The zero-order chi connectivity index (χ0) is 12.7. The lowest BCUT2D eigenvalue weighted by atomic mass is 9.81. The maximum Gasteiger partial charge on any atom is 0.138 e. The van der Waals surface area contributed by atoms with E-state index in [1.54, 1.807) is 0 Å². The molecule has 0 saturated carbocycles. The standard InChI is InChI=1S/C12H23N3O2/c1-3-5-12(8-16,9-17)7-11-13-10-14-15(11)6-4-2/h10,16-17H,3-9H2,1-2H3. The minimum absolute atomic E-state index is 0.0175. The third-order valence-electron chi connectivity index (χ3n) is 3.12. The Morgan fingerprint density at radius 2 is 1.94 bits per heavy atom. The minimum atomic E-state index is -0.465. The number of hydrogen-bond donors (Lipinski definition) is 2. The first-order valence-electron chi connectivity index (χ1n) is 6.29. The van der Waals surface area contributed by atoms with E-state index >= 15 is 0 Å². The minimum Gasteiger partial charge on any atom is -0.396 e. The van der Waals surface area contributed by atoms with Crippen LogP contribution < -0.4 is 0 Å². The van der Waals surface area contributed by atoms with E-state index < -0.39 is 5.41 Å². The van der Waals surface area contributed by atoms with Gasteiger partial charge in [0.25, 0.3) is 0 Å². The first kappa shape index (κ1) is 14.1. The van der Waals surface area contributed by atoms with Gasteiger partial charge in [-0.1, -0.05) is 20.3 Å². The molecule has 98 valence electrons. The van der Waals surface area contributed by atoms with E-state index in [0.717, 1.165) is 31.6 Å². The van der Waals surface area contributed by atoms with Crippen LogP contribution in [0.4, 0.5) is 0 Å². The summed E-state index contributed by atoms with van der Waals surface area (Å²) in [6.45, 7) is 4.93. The molecule has 0 aliphatic carbocycles. The third-order valence-corrected chi connectivity index (χ3v) is 3.12.